The smallest absolute Gasteiger partial charge is 0.140 e. The van der Waals surface area contributed by atoms with Crippen LogP contribution < -0.4 is 10.1 Å². The molecule has 0 atom stereocenters. The largest absolute Gasteiger partial charge is 0.488 e. The van der Waals surface area contributed by atoms with Crippen LogP contribution in [0.25, 0.3) is 0 Å². The van der Waals surface area contributed by atoms with Crippen molar-refractivity contribution >= 4 is 15.9 Å². The van der Waals surface area contributed by atoms with Crippen LogP contribution in [0, 0.1) is 13.8 Å². The Morgan fingerprint density at radius 3 is 2.74 bits per heavy atom. The summed E-state index contributed by atoms with van der Waals surface area (Å²) in [6.07, 6.45) is 0. The van der Waals surface area contributed by atoms with Crippen molar-refractivity contribution < 1.29 is 9.26 Å². The Hall–Kier alpha value is -1.33. The van der Waals surface area contributed by atoms with Crippen LogP contribution in [0.3, 0.4) is 0 Å². The first-order valence-electron chi connectivity index (χ1n) is 6.09. The van der Waals surface area contributed by atoms with Gasteiger partial charge in [0.1, 0.15) is 18.1 Å². The minimum absolute atomic E-state index is 0.463. The maximum absolute atomic E-state index is 5.81. The summed E-state index contributed by atoms with van der Waals surface area (Å²) >= 11 is 3.53. The second-order valence-corrected chi connectivity index (χ2v) is 5.24. The molecule has 2 rings (SSSR count). The highest BCUT2D eigenvalue weighted by molar-refractivity contribution is 9.10. The Balaban J connectivity index is 2.08. The number of rotatable bonds is 5. The highest BCUT2D eigenvalue weighted by Gasteiger charge is 2.10. The van der Waals surface area contributed by atoms with Gasteiger partial charge in [-0.3, -0.25) is 0 Å². The van der Waals surface area contributed by atoms with Gasteiger partial charge in [0.05, 0.1) is 15.7 Å². The molecule has 0 radical (unpaired) electrons. The van der Waals surface area contributed by atoms with Gasteiger partial charge in [-0.2, -0.15) is 0 Å². The number of hydrogen-bond donors (Lipinski definition) is 1. The van der Waals surface area contributed by atoms with Gasteiger partial charge >= 0.3 is 0 Å². The van der Waals surface area contributed by atoms with E-state index in [1.807, 2.05) is 33.0 Å². The molecule has 2 aromatic rings. The zero-order valence-corrected chi connectivity index (χ0v) is 12.9. The fourth-order valence-corrected chi connectivity index (χ4v) is 2.37. The predicted octanol–water partition coefficient (Wildman–Crippen LogP) is 3.35. The molecule has 0 saturated carbocycles. The van der Waals surface area contributed by atoms with E-state index in [0.29, 0.717) is 6.61 Å². The zero-order chi connectivity index (χ0) is 13.8. The maximum atomic E-state index is 5.81. The van der Waals surface area contributed by atoms with E-state index in [9.17, 15) is 0 Å². The van der Waals surface area contributed by atoms with Crippen LogP contribution in [0.1, 0.15) is 22.6 Å². The summed E-state index contributed by atoms with van der Waals surface area (Å²) in [6, 6.07) is 6.07. The molecule has 1 N–H and O–H groups in total. The molecule has 0 fully saturated rings. The standard InChI is InChI=1S/C14H17BrN2O2/c1-9-12(10(2)19-17-9)8-18-14-5-4-11(7-16-3)6-13(14)15/h4-6,16H,7-8H2,1-3H3. The first kappa shape index (κ1) is 14.1. The molecular formula is C14H17BrN2O2. The van der Waals surface area contributed by atoms with Crippen molar-refractivity contribution in [1.29, 1.82) is 0 Å². The molecule has 0 bridgehead atoms. The molecule has 0 aliphatic rings. The van der Waals surface area contributed by atoms with Gasteiger partial charge in [0, 0.05) is 6.54 Å². The molecule has 5 heteroatoms. The Morgan fingerprint density at radius 2 is 2.16 bits per heavy atom. The molecule has 19 heavy (non-hydrogen) atoms. The average molecular weight is 325 g/mol. The molecule has 0 aliphatic heterocycles. The summed E-state index contributed by atoms with van der Waals surface area (Å²) in [7, 11) is 1.93. The number of ether oxygens (including phenoxy) is 1. The number of benzene rings is 1. The Morgan fingerprint density at radius 1 is 1.37 bits per heavy atom. The maximum Gasteiger partial charge on any atom is 0.140 e. The third-order valence-electron chi connectivity index (χ3n) is 2.93. The molecule has 0 saturated heterocycles. The van der Waals surface area contributed by atoms with E-state index in [-0.39, 0.29) is 0 Å². The monoisotopic (exact) mass is 324 g/mol. The lowest BCUT2D eigenvalue weighted by molar-refractivity contribution is 0.299. The minimum atomic E-state index is 0.463. The summed E-state index contributed by atoms with van der Waals surface area (Å²) in [5.41, 5.74) is 3.09. The Labute approximate surface area is 121 Å². The van der Waals surface area contributed by atoms with E-state index in [2.05, 4.69) is 32.5 Å². The van der Waals surface area contributed by atoms with Crippen LogP contribution in [0.15, 0.2) is 27.2 Å². The van der Waals surface area contributed by atoms with Crippen molar-refractivity contribution in [1.82, 2.24) is 10.5 Å². The van der Waals surface area contributed by atoms with E-state index in [1.165, 1.54) is 5.56 Å². The van der Waals surface area contributed by atoms with Gasteiger partial charge < -0.3 is 14.6 Å². The van der Waals surface area contributed by atoms with E-state index >= 15 is 0 Å². The summed E-state index contributed by atoms with van der Waals surface area (Å²) in [6.45, 7) is 5.11. The zero-order valence-electron chi connectivity index (χ0n) is 11.3. The SMILES string of the molecule is CNCc1ccc(OCc2c(C)noc2C)c(Br)c1. The number of hydrogen-bond acceptors (Lipinski definition) is 4. The minimum Gasteiger partial charge on any atom is -0.488 e. The first-order chi connectivity index (χ1) is 9.11. The number of aryl methyl sites for hydroxylation is 2. The van der Waals surface area contributed by atoms with Crippen LogP contribution in [0.4, 0.5) is 0 Å². The molecule has 1 heterocycles. The van der Waals surface area contributed by atoms with E-state index in [0.717, 1.165) is 33.8 Å². The Bertz CT molecular complexity index is 547. The molecule has 0 amide bonds. The van der Waals surface area contributed by atoms with Gasteiger partial charge in [-0.15, -0.1) is 0 Å². The van der Waals surface area contributed by atoms with Crippen molar-refractivity contribution in [2.24, 2.45) is 0 Å². The van der Waals surface area contributed by atoms with Crippen molar-refractivity contribution in [3.63, 3.8) is 0 Å². The molecule has 0 aliphatic carbocycles. The third kappa shape index (κ3) is 3.36. The molecule has 1 aromatic carbocycles. The van der Waals surface area contributed by atoms with Crippen LogP contribution in [0.2, 0.25) is 0 Å². The van der Waals surface area contributed by atoms with Crippen LogP contribution in [-0.4, -0.2) is 12.2 Å². The summed E-state index contributed by atoms with van der Waals surface area (Å²) < 4.78 is 11.9. The van der Waals surface area contributed by atoms with Gasteiger partial charge in [0.25, 0.3) is 0 Å². The molecular weight excluding hydrogens is 308 g/mol. The van der Waals surface area contributed by atoms with Crippen LogP contribution in [-0.2, 0) is 13.2 Å². The lowest BCUT2D eigenvalue weighted by Crippen LogP contribution is -2.05. The lowest BCUT2D eigenvalue weighted by atomic mass is 10.2. The van der Waals surface area contributed by atoms with Gasteiger partial charge in [-0.05, 0) is 54.5 Å². The van der Waals surface area contributed by atoms with Gasteiger partial charge in [0.2, 0.25) is 0 Å². The van der Waals surface area contributed by atoms with Crippen LogP contribution in [0.5, 0.6) is 5.75 Å². The molecule has 0 spiro atoms. The quantitative estimate of drug-likeness (QED) is 0.916. The van der Waals surface area contributed by atoms with E-state index in [1.54, 1.807) is 0 Å². The van der Waals surface area contributed by atoms with Crippen molar-refractivity contribution in [3.8, 4) is 5.75 Å². The fraction of sp³-hybridized carbons (Fsp3) is 0.357. The lowest BCUT2D eigenvalue weighted by Gasteiger charge is -2.09. The molecule has 102 valence electrons. The second kappa shape index (κ2) is 6.21. The van der Waals surface area contributed by atoms with Crippen molar-refractivity contribution in [3.05, 3.63) is 45.3 Å². The normalized spacial score (nSPS) is 10.7. The third-order valence-corrected chi connectivity index (χ3v) is 3.55. The summed E-state index contributed by atoms with van der Waals surface area (Å²) in [4.78, 5) is 0. The number of nitrogens with one attached hydrogen (secondary N) is 1. The highest BCUT2D eigenvalue weighted by Crippen LogP contribution is 2.27. The van der Waals surface area contributed by atoms with Gasteiger partial charge in [0.15, 0.2) is 0 Å². The first-order valence-corrected chi connectivity index (χ1v) is 6.88. The number of nitrogens with zero attached hydrogens (tertiary/aromatic N) is 1. The summed E-state index contributed by atoms with van der Waals surface area (Å²) in [5, 5.41) is 7.03. The predicted molar refractivity (Wildman–Crippen MR) is 77.2 cm³/mol. The highest BCUT2D eigenvalue weighted by atomic mass is 79.9. The van der Waals surface area contributed by atoms with Crippen molar-refractivity contribution in [2.75, 3.05) is 7.05 Å². The van der Waals surface area contributed by atoms with Crippen LogP contribution >= 0.6 is 15.9 Å². The molecule has 4 nitrogen and oxygen atoms in total. The van der Waals surface area contributed by atoms with Gasteiger partial charge in [-0.25, -0.2) is 0 Å². The van der Waals surface area contributed by atoms with Gasteiger partial charge in [-0.1, -0.05) is 11.2 Å². The summed E-state index contributed by atoms with van der Waals surface area (Å²) in [5.74, 6) is 1.63. The molecule has 0 unspecified atom stereocenters. The average Bonchev–Trinajstić information content (AvgIpc) is 2.69. The number of halogens is 1. The fourth-order valence-electron chi connectivity index (χ4n) is 1.83. The molecule has 1 aromatic heterocycles. The van der Waals surface area contributed by atoms with Crippen molar-refractivity contribution in [2.45, 2.75) is 27.0 Å². The second-order valence-electron chi connectivity index (χ2n) is 4.39. The van der Waals surface area contributed by atoms with E-state index in [4.69, 9.17) is 9.26 Å². The topological polar surface area (TPSA) is 47.3 Å². The van der Waals surface area contributed by atoms with E-state index < -0.39 is 0 Å². The number of aromatic nitrogens is 1. The Kier molecular flexibility index (Phi) is 4.61.